The summed E-state index contributed by atoms with van der Waals surface area (Å²) in [6.07, 6.45) is 4.43. The number of amides is 1. The maximum absolute atomic E-state index is 11.2. The van der Waals surface area contributed by atoms with Crippen LogP contribution in [0.2, 0.25) is 0 Å². The van der Waals surface area contributed by atoms with E-state index < -0.39 is 0 Å². The number of carbonyl (C=O) groups is 1. The number of nitrogens with zero attached hydrogens (tertiary/aromatic N) is 1. The molecule has 0 radical (unpaired) electrons. The minimum absolute atomic E-state index is 0.233. The van der Waals surface area contributed by atoms with Gasteiger partial charge in [0.05, 0.1) is 0 Å². The Bertz CT molecular complexity index is 193. The van der Waals surface area contributed by atoms with E-state index in [4.69, 9.17) is 0 Å². The number of hydrogen-bond donors (Lipinski definition) is 1. The summed E-state index contributed by atoms with van der Waals surface area (Å²) in [6.45, 7) is 0.853. The summed E-state index contributed by atoms with van der Waals surface area (Å²) in [5, 5.41) is 2.97. The van der Waals surface area contributed by atoms with Crippen LogP contribution in [0.5, 0.6) is 0 Å². The maximum atomic E-state index is 11.2. The maximum Gasteiger partial charge on any atom is 0.221 e. The van der Waals surface area contributed by atoms with E-state index in [1.807, 2.05) is 0 Å². The zero-order valence-corrected chi connectivity index (χ0v) is 7.55. The molecule has 0 saturated carbocycles. The fraction of sp³-hybridized carbons (Fsp3) is 0.889. The normalized spacial score (nSPS) is 37.2. The number of nitrogens with one attached hydrogen (secondary N) is 1. The van der Waals surface area contributed by atoms with E-state index in [1.165, 1.54) is 19.3 Å². The third kappa shape index (κ3) is 1.33. The quantitative estimate of drug-likeness (QED) is 0.566. The van der Waals surface area contributed by atoms with Crippen LogP contribution >= 0.6 is 0 Å². The van der Waals surface area contributed by atoms with Gasteiger partial charge in [-0.25, -0.2) is 0 Å². The fourth-order valence-corrected chi connectivity index (χ4v) is 2.30. The second-order valence-corrected chi connectivity index (χ2v) is 3.91. The summed E-state index contributed by atoms with van der Waals surface area (Å²) in [4.78, 5) is 13.6. The van der Waals surface area contributed by atoms with E-state index >= 15 is 0 Å². The Hall–Kier alpha value is -0.570. The highest BCUT2D eigenvalue weighted by Gasteiger charge is 2.31. The van der Waals surface area contributed by atoms with Gasteiger partial charge in [-0.15, -0.1) is 0 Å². The second-order valence-electron chi connectivity index (χ2n) is 3.91. The molecular weight excluding hydrogens is 152 g/mol. The van der Waals surface area contributed by atoms with Crippen LogP contribution in [-0.2, 0) is 4.79 Å². The van der Waals surface area contributed by atoms with Crippen LogP contribution in [0.1, 0.15) is 25.7 Å². The summed E-state index contributed by atoms with van der Waals surface area (Å²) < 4.78 is 0. The first-order valence-electron chi connectivity index (χ1n) is 4.76. The first-order valence-corrected chi connectivity index (χ1v) is 4.76. The highest BCUT2D eigenvalue weighted by molar-refractivity contribution is 5.76. The Labute approximate surface area is 73.1 Å². The van der Waals surface area contributed by atoms with Gasteiger partial charge in [-0.1, -0.05) is 6.42 Å². The molecule has 2 rings (SSSR count). The zero-order chi connectivity index (χ0) is 8.55. The highest BCUT2D eigenvalue weighted by Crippen LogP contribution is 2.24. The molecule has 0 aromatic heterocycles. The van der Waals surface area contributed by atoms with Crippen molar-refractivity contribution in [2.75, 3.05) is 13.6 Å². The second kappa shape index (κ2) is 3.05. The van der Waals surface area contributed by atoms with Crippen LogP contribution in [0.4, 0.5) is 0 Å². The summed E-state index contributed by atoms with van der Waals surface area (Å²) in [5.41, 5.74) is 0. The third-order valence-electron chi connectivity index (χ3n) is 3.18. The topological polar surface area (TPSA) is 32.3 Å². The van der Waals surface area contributed by atoms with Crippen molar-refractivity contribution < 1.29 is 4.79 Å². The minimum Gasteiger partial charge on any atom is -0.354 e. The lowest BCUT2D eigenvalue weighted by atomic mass is 9.96. The van der Waals surface area contributed by atoms with Gasteiger partial charge in [-0.3, -0.25) is 9.69 Å². The molecule has 2 aliphatic heterocycles. The SMILES string of the molecule is CN1C2CCCC1CC(=O)NC2. The lowest BCUT2D eigenvalue weighted by Crippen LogP contribution is -2.44. The molecule has 2 atom stereocenters. The van der Waals surface area contributed by atoms with Crippen molar-refractivity contribution in [1.82, 2.24) is 10.2 Å². The van der Waals surface area contributed by atoms with E-state index in [1.54, 1.807) is 0 Å². The molecule has 0 aromatic rings. The predicted octanol–water partition coefficient (Wildman–Crippen LogP) is 0.359. The number of rotatable bonds is 0. The molecule has 2 unspecified atom stereocenters. The van der Waals surface area contributed by atoms with Gasteiger partial charge in [0.1, 0.15) is 0 Å². The van der Waals surface area contributed by atoms with Gasteiger partial charge in [0, 0.05) is 25.0 Å². The van der Waals surface area contributed by atoms with Gasteiger partial charge in [-0.2, -0.15) is 0 Å². The van der Waals surface area contributed by atoms with Crippen LogP contribution in [0, 0.1) is 0 Å². The molecule has 2 saturated heterocycles. The van der Waals surface area contributed by atoms with Gasteiger partial charge < -0.3 is 5.32 Å². The molecule has 0 spiro atoms. The molecule has 2 heterocycles. The van der Waals surface area contributed by atoms with Crippen LogP contribution in [0.15, 0.2) is 0 Å². The Kier molecular flexibility index (Phi) is 2.05. The Morgan fingerprint density at radius 1 is 1.42 bits per heavy atom. The van der Waals surface area contributed by atoms with E-state index in [0.717, 1.165) is 6.54 Å². The van der Waals surface area contributed by atoms with Crippen LogP contribution in [0.3, 0.4) is 0 Å². The van der Waals surface area contributed by atoms with Crippen LogP contribution in [-0.4, -0.2) is 36.5 Å². The van der Waals surface area contributed by atoms with Gasteiger partial charge in [0.2, 0.25) is 5.91 Å². The number of fused-ring (bicyclic) bond motifs is 2. The number of carbonyl (C=O) groups excluding carboxylic acids is 1. The molecule has 0 aromatic carbocycles. The van der Waals surface area contributed by atoms with E-state index in [0.29, 0.717) is 18.5 Å². The van der Waals surface area contributed by atoms with Crippen LogP contribution in [0.25, 0.3) is 0 Å². The van der Waals surface area contributed by atoms with Crippen molar-refractivity contribution >= 4 is 5.91 Å². The molecule has 2 aliphatic rings. The zero-order valence-electron chi connectivity index (χ0n) is 7.55. The minimum atomic E-state index is 0.233. The number of piperidine rings is 1. The van der Waals surface area contributed by atoms with E-state index in [9.17, 15) is 4.79 Å². The lowest BCUT2D eigenvalue weighted by molar-refractivity contribution is -0.121. The fourth-order valence-electron chi connectivity index (χ4n) is 2.30. The lowest BCUT2D eigenvalue weighted by Gasteiger charge is -2.36. The smallest absolute Gasteiger partial charge is 0.221 e. The van der Waals surface area contributed by atoms with Crippen molar-refractivity contribution in [3.05, 3.63) is 0 Å². The third-order valence-corrected chi connectivity index (χ3v) is 3.18. The standard InChI is InChI=1S/C9H16N2O/c1-11-7-3-2-4-8(11)6-10-9(12)5-7/h7-8H,2-6H2,1H3,(H,10,12). The molecule has 12 heavy (non-hydrogen) atoms. The van der Waals surface area contributed by atoms with E-state index in [-0.39, 0.29) is 5.91 Å². The first kappa shape index (κ1) is 8.05. The molecule has 68 valence electrons. The van der Waals surface area contributed by atoms with Crippen molar-refractivity contribution in [3.8, 4) is 0 Å². The predicted molar refractivity (Wildman–Crippen MR) is 46.8 cm³/mol. The summed E-state index contributed by atoms with van der Waals surface area (Å²) in [6, 6.07) is 1.10. The molecular formula is C9H16N2O. The van der Waals surface area contributed by atoms with Crippen molar-refractivity contribution in [2.45, 2.75) is 37.8 Å². The van der Waals surface area contributed by atoms with Gasteiger partial charge in [-0.05, 0) is 19.9 Å². The van der Waals surface area contributed by atoms with Crippen LogP contribution < -0.4 is 5.32 Å². The van der Waals surface area contributed by atoms with Gasteiger partial charge in [0.15, 0.2) is 0 Å². The molecule has 1 N–H and O–H groups in total. The molecule has 0 aliphatic carbocycles. The highest BCUT2D eigenvalue weighted by atomic mass is 16.1. The Morgan fingerprint density at radius 3 is 3.00 bits per heavy atom. The molecule has 1 amide bonds. The average molecular weight is 168 g/mol. The average Bonchev–Trinajstić information content (AvgIpc) is 2.17. The monoisotopic (exact) mass is 168 g/mol. The number of likely N-dealkylation sites (N-methyl/N-ethyl adjacent to an activating group) is 1. The molecule has 2 fully saturated rings. The molecule has 3 heteroatoms. The van der Waals surface area contributed by atoms with E-state index in [2.05, 4.69) is 17.3 Å². The number of hydrogen-bond acceptors (Lipinski definition) is 2. The molecule has 3 nitrogen and oxygen atoms in total. The van der Waals surface area contributed by atoms with Gasteiger partial charge in [0.25, 0.3) is 0 Å². The summed E-state index contributed by atoms with van der Waals surface area (Å²) >= 11 is 0. The Balaban J connectivity index is 2.13. The van der Waals surface area contributed by atoms with Crippen molar-refractivity contribution in [2.24, 2.45) is 0 Å². The largest absolute Gasteiger partial charge is 0.354 e. The summed E-state index contributed by atoms with van der Waals surface area (Å²) in [5.74, 6) is 0.233. The Morgan fingerprint density at radius 2 is 2.17 bits per heavy atom. The van der Waals surface area contributed by atoms with Crippen molar-refractivity contribution in [3.63, 3.8) is 0 Å². The van der Waals surface area contributed by atoms with Gasteiger partial charge >= 0.3 is 0 Å². The first-order chi connectivity index (χ1) is 5.77. The van der Waals surface area contributed by atoms with Crippen molar-refractivity contribution in [1.29, 1.82) is 0 Å². The molecule has 2 bridgehead atoms. The summed E-state index contributed by atoms with van der Waals surface area (Å²) in [7, 11) is 2.15.